The fraction of sp³-hybridized carbons (Fsp3) is 0.125. The van der Waals surface area contributed by atoms with Crippen molar-refractivity contribution in [3.8, 4) is 5.75 Å². The molecule has 2 N–H and O–H groups in total. The number of hydrogen-bond donors (Lipinski definition) is 2. The van der Waals surface area contributed by atoms with E-state index in [1.807, 2.05) is 0 Å². The summed E-state index contributed by atoms with van der Waals surface area (Å²) in [6.45, 7) is 0. The zero-order valence-corrected chi connectivity index (χ0v) is 7.35. The minimum Gasteiger partial charge on any atom is -0.507 e. The van der Waals surface area contributed by atoms with E-state index in [2.05, 4.69) is 5.32 Å². The molecule has 0 bridgehead atoms. The number of phenols is 1. The van der Waals surface area contributed by atoms with Gasteiger partial charge < -0.3 is 10.4 Å². The van der Waals surface area contributed by atoms with Crippen LogP contribution < -0.4 is 5.32 Å². The first-order valence-corrected chi connectivity index (χ1v) is 3.75. The predicted octanol–water partition coefficient (Wildman–Crippen LogP) is 0.660. The van der Waals surface area contributed by atoms with Gasteiger partial charge in [0.05, 0.1) is 10.5 Å². The molecular weight excluding hydrogens is 188 g/mol. The number of non-ortho nitro benzene ring substituents is 1. The lowest BCUT2D eigenvalue weighted by molar-refractivity contribution is -0.384. The van der Waals surface area contributed by atoms with Gasteiger partial charge in [0.1, 0.15) is 5.75 Å². The normalized spacial score (nSPS) is 9.50. The van der Waals surface area contributed by atoms with Crippen LogP contribution in [-0.4, -0.2) is 23.0 Å². The fourth-order valence-electron chi connectivity index (χ4n) is 0.954. The molecule has 1 aromatic carbocycles. The molecule has 74 valence electrons. The zero-order valence-electron chi connectivity index (χ0n) is 7.35. The van der Waals surface area contributed by atoms with Crippen molar-refractivity contribution in [1.29, 1.82) is 0 Å². The summed E-state index contributed by atoms with van der Waals surface area (Å²) in [5, 5.41) is 21.9. The second-order valence-corrected chi connectivity index (χ2v) is 2.54. The number of carbonyl (C=O) groups is 1. The Kier molecular flexibility index (Phi) is 2.66. The van der Waals surface area contributed by atoms with Crippen molar-refractivity contribution < 1.29 is 14.8 Å². The molecule has 0 aliphatic carbocycles. The molecule has 0 fully saturated rings. The lowest BCUT2D eigenvalue weighted by Gasteiger charge is -2.01. The second-order valence-electron chi connectivity index (χ2n) is 2.54. The number of nitrogens with one attached hydrogen (secondary N) is 1. The number of aromatic hydroxyl groups is 1. The van der Waals surface area contributed by atoms with Crippen LogP contribution in [0.3, 0.4) is 0 Å². The van der Waals surface area contributed by atoms with Gasteiger partial charge in [0.15, 0.2) is 0 Å². The molecule has 6 nitrogen and oxygen atoms in total. The number of phenolic OH excluding ortho intramolecular Hbond substituents is 1. The Bertz CT molecular complexity index is 389. The Morgan fingerprint density at radius 2 is 2.21 bits per heavy atom. The van der Waals surface area contributed by atoms with Gasteiger partial charge in [-0.1, -0.05) is 0 Å². The van der Waals surface area contributed by atoms with Crippen LogP contribution in [0.1, 0.15) is 10.4 Å². The summed E-state index contributed by atoms with van der Waals surface area (Å²) in [5.74, 6) is -0.846. The highest BCUT2D eigenvalue weighted by molar-refractivity contribution is 5.97. The number of carbonyl (C=O) groups excluding carboxylic acids is 1. The molecule has 0 aromatic heterocycles. The molecular formula is C8H8N2O4. The third kappa shape index (κ3) is 1.79. The number of nitrogens with zero attached hydrogens (tertiary/aromatic N) is 1. The zero-order chi connectivity index (χ0) is 10.7. The van der Waals surface area contributed by atoms with Crippen molar-refractivity contribution in [2.45, 2.75) is 0 Å². The molecule has 0 unspecified atom stereocenters. The smallest absolute Gasteiger partial charge is 0.270 e. The van der Waals surface area contributed by atoms with E-state index in [1.54, 1.807) is 0 Å². The summed E-state index contributed by atoms with van der Waals surface area (Å²) in [6, 6.07) is 3.26. The van der Waals surface area contributed by atoms with Gasteiger partial charge in [-0.15, -0.1) is 0 Å². The largest absolute Gasteiger partial charge is 0.507 e. The van der Waals surface area contributed by atoms with Crippen LogP contribution >= 0.6 is 0 Å². The third-order valence-electron chi connectivity index (χ3n) is 1.66. The molecule has 0 saturated carbocycles. The predicted molar refractivity (Wildman–Crippen MR) is 48.2 cm³/mol. The Hall–Kier alpha value is -2.11. The van der Waals surface area contributed by atoms with Crippen molar-refractivity contribution in [3.63, 3.8) is 0 Å². The van der Waals surface area contributed by atoms with Crippen LogP contribution in [0.5, 0.6) is 5.75 Å². The van der Waals surface area contributed by atoms with Crippen LogP contribution in [0.4, 0.5) is 5.69 Å². The maximum atomic E-state index is 11.1. The average Bonchev–Trinajstić information content (AvgIpc) is 2.17. The Labute approximate surface area is 79.3 Å². The van der Waals surface area contributed by atoms with Crippen molar-refractivity contribution in [3.05, 3.63) is 33.9 Å². The summed E-state index contributed by atoms with van der Waals surface area (Å²) in [6.07, 6.45) is 0. The first kappa shape index (κ1) is 9.97. The maximum absolute atomic E-state index is 11.1. The van der Waals surface area contributed by atoms with Crippen molar-refractivity contribution in [1.82, 2.24) is 5.32 Å². The Morgan fingerprint density at radius 3 is 2.71 bits per heavy atom. The Balaban J connectivity index is 3.21. The summed E-state index contributed by atoms with van der Waals surface area (Å²) in [7, 11) is 1.38. The highest BCUT2D eigenvalue weighted by Gasteiger charge is 2.14. The van der Waals surface area contributed by atoms with Gasteiger partial charge in [0.2, 0.25) is 0 Å². The van der Waals surface area contributed by atoms with Gasteiger partial charge in [-0.25, -0.2) is 0 Å². The van der Waals surface area contributed by atoms with Crippen molar-refractivity contribution in [2.75, 3.05) is 7.05 Å². The summed E-state index contributed by atoms with van der Waals surface area (Å²) in [4.78, 5) is 20.8. The van der Waals surface area contributed by atoms with Crippen molar-refractivity contribution in [2.24, 2.45) is 0 Å². The van der Waals surface area contributed by atoms with E-state index >= 15 is 0 Å². The first-order chi connectivity index (χ1) is 6.56. The lowest BCUT2D eigenvalue weighted by Crippen LogP contribution is -2.17. The quantitative estimate of drug-likeness (QED) is 0.536. The van der Waals surface area contributed by atoms with Crippen LogP contribution in [-0.2, 0) is 0 Å². The molecule has 0 heterocycles. The summed E-state index contributed by atoms with van der Waals surface area (Å²) >= 11 is 0. The van der Waals surface area contributed by atoms with E-state index in [0.29, 0.717) is 0 Å². The summed E-state index contributed by atoms with van der Waals surface area (Å²) < 4.78 is 0. The number of amides is 1. The summed E-state index contributed by atoms with van der Waals surface area (Å²) in [5.41, 5.74) is -0.344. The number of rotatable bonds is 2. The van der Waals surface area contributed by atoms with Gasteiger partial charge in [-0.05, 0) is 6.07 Å². The highest BCUT2D eigenvalue weighted by Crippen LogP contribution is 2.22. The van der Waals surface area contributed by atoms with Crippen LogP contribution in [0.15, 0.2) is 18.2 Å². The fourth-order valence-corrected chi connectivity index (χ4v) is 0.954. The van der Waals surface area contributed by atoms with E-state index in [4.69, 9.17) is 0 Å². The molecule has 1 amide bonds. The van der Waals surface area contributed by atoms with Crippen LogP contribution in [0.2, 0.25) is 0 Å². The highest BCUT2D eigenvalue weighted by atomic mass is 16.6. The minimum atomic E-state index is -0.633. The molecule has 1 aromatic rings. The molecule has 6 heteroatoms. The standard InChI is InChI=1S/C8H8N2O4/c1-9-8(12)6-4-5(10(13)14)2-3-7(6)11/h2-4,11H,1H3,(H,9,12). The number of benzene rings is 1. The van der Waals surface area contributed by atoms with E-state index < -0.39 is 10.8 Å². The van der Waals surface area contributed by atoms with Gasteiger partial charge in [-0.3, -0.25) is 14.9 Å². The molecule has 0 radical (unpaired) electrons. The van der Waals surface area contributed by atoms with Gasteiger partial charge >= 0.3 is 0 Å². The minimum absolute atomic E-state index is 0.110. The first-order valence-electron chi connectivity index (χ1n) is 3.75. The topological polar surface area (TPSA) is 92.5 Å². The number of hydrogen-bond acceptors (Lipinski definition) is 4. The molecule has 0 aliphatic rings. The van der Waals surface area contributed by atoms with E-state index in [-0.39, 0.29) is 17.0 Å². The Morgan fingerprint density at radius 1 is 1.57 bits per heavy atom. The lowest BCUT2D eigenvalue weighted by atomic mass is 10.1. The molecule has 14 heavy (non-hydrogen) atoms. The van der Waals surface area contributed by atoms with E-state index in [9.17, 15) is 20.0 Å². The maximum Gasteiger partial charge on any atom is 0.270 e. The monoisotopic (exact) mass is 196 g/mol. The molecule has 0 aliphatic heterocycles. The molecule has 0 saturated heterocycles. The number of nitro groups is 1. The van der Waals surface area contributed by atoms with Gasteiger partial charge in [0.25, 0.3) is 11.6 Å². The number of nitro benzene ring substituents is 1. The van der Waals surface area contributed by atoms with Gasteiger partial charge in [-0.2, -0.15) is 0 Å². The third-order valence-corrected chi connectivity index (χ3v) is 1.66. The van der Waals surface area contributed by atoms with E-state index in [1.165, 1.54) is 7.05 Å². The van der Waals surface area contributed by atoms with Crippen molar-refractivity contribution >= 4 is 11.6 Å². The molecule has 0 spiro atoms. The van der Waals surface area contributed by atoms with Crippen LogP contribution in [0, 0.1) is 10.1 Å². The van der Waals surface area contributed by atoms with E-state index in [0.717, 1.165) is 18.2 Å². The molecule has 1 rings (SSSR count). The SMILES string of the molecule is CNC(=O)c1cc([N+](=O)[O-])ccc1O. The average molecular weight is 196 g/mol. The molecule has 0 atom stereocenters. The second kappa shape index (κ2) is 3.73. The van der Waals surface area contributed by atoms with Gasteiger partial charge in [0, 0.05) is 19.2 Å². The van der Waals surface area contributed by atoms with Crippen LogP contribution in [0.25, 0.3) is 0 Å².